The van der Waals surface area contributed by atoms with E-state index in [0.717, 1.165) is 5.56 Å². The minimum absolute atomic E-state index is 0.0686. The van der Waals surface area contributed by atoms with Crippen molar-refractivity contribution in [3.8, 4) is 0 Å². The molecule has 0 saturated carbocycles. The van der Waals surface area contributed by atoms with Crippen molar-refractivity contribution >= 4 is 5.97 Å². The molecule has 2 N–H and O–H groups in total. The van der Waals surface area contributed by atoms with Gasteiger partial charge >= 0.3 is 5.97 Å². The van der Waals surface area contributed by atoms with Crippen LogP contribution < -0.4 is 5.32 Å². The van der Waals surface area contributed by atoms with Gasteiger partial charge in [0.25, 0.3) is 0 Å². The molecule has 1 aromatic heterocycles. The molecule has 1 heterocycles. The van der Waals surface area contributed by atoms with Crippen molar-refractivity contribution in [2.75, 3.05) is 7.05 Å². The molecule has 0 aliphatic carbocycles. The lowest BCUT2D eigenvalue weighted by Gasteiger charge is -2.18. The van der Waals surface area contributed by atoms with Crippen LogP contribution in [0.1, 0.15) is 24.9 Å². The van der Waals surface area contributed by atoms with Gasteiger partial charge in [-0.15, -0.1) is 0 Å². The number of nitrogens with zero attached hydrogens (tertiary/aromatic N) is 1. The quantitative estimate of drug-likeness (QED) is 0.768. The first-order valence-electron chi connectivity index (χ1n) is 4.95. The molecule has 1 rings (SSSR count). The maximum Gasteiger partial charge on any atom is 0.306 e. The van der Waals surface area contributed by atoms with Crippen molar-refractivity contribution in [2.45, 2.75) is 19.4 Å². The fraction of sp³-hybridized carbons (Fsp3) is 0.455. The molecule has 2 unspecified atom stereocenters. The average molecular weight is 208 g/mol. The molecule has 0 spiro atoms. The largest absolute Gasteiger partial charge is 0.481 e. The Kier molecular flexibility index (Phi) is 4.24. The number of carbonyl (C=O) groups is 1. The summed E-state index contributed by atoms with van der Waals surface area (Å²) in [5.74, 6) is -1.11. The third-order valence-electron chi connectivity index (χ3n) is 2.47. The number of carboxylic acids is 1. The highest BCUT2D eigenvalue weighted by Gasteiger charge is 2.18. The van der Waals surface area contributed by atoms with E-state index in [1.165, 1.54) is 0 Å². The van der Waals surface area contributed by atoms with E-state index in [2.05, 4.69) is 10.3 Å². The highest BCUT2D eigenvalue weighted by molar-refractivity contribution is 5.69. The Labute approximate surface area is 89.3 Å². The van der Waals surface area contributed by atoms with Gasteiger partial charge in [-0.05, 0) is 31.2 Å². The number of pyridine rings is 1. The van der Waals surface area contributed by atoms with Crippen LogP contribution in [0.5, 0.6) is 0 Å². The summed E-state index contributed by atoms with van der Waals surface area (Å²) in [6, 6.07) is 3.87. The topological polar surface area (TPSA) is 62.2 Å². The molecule has 4 nitrogen and oxygen atoms in total. The minimum atomic E-state index is -0.760. The van der Waals surface area contributed by atoms with Gasteiger partial charge in [0.1, 0.15) is 0 Å². The van der Waals surface area contributed by atoms with Gasteiger partial charge in [-0.1, -0.05) is 6.92 Å². The number of aliphatic carboxylic acids is 1. The molecule has 0 radical (unpaired) electrons. The fourth-order valence-corrected chi connectivity index (χ4v) is 1.47. The average Bonchev–Trinajstić information content (AvgIpc) is 2.26. The molecule has 0 amide bonds. The number of rotatable bonds is 5. The summed E-state index contributed by atoms with van der Waals surface area (Å²) >= 11 is 0. The Morgan fingerprint density at radius 3 is 2.60 bits per heavy atom. The smallest absolute Gasteiger partial charge is 0.306 e. The predicted octanol–water partition coefficient (Wildman–Crippen LogP) is 1.45. The molecule has 0 aliphatic rings. The standard InChI is InChI=1S/C11H16N2O2/c1-8(11(14)15)7-10(12-2)9-3-5-13-6-4-9/h3-6,8,10,12H,7H2,1-2H3,(H,14,15). The van der Waals surface area contributed by atoms with Crippen LogP contribution in [0.3, 0.4) is 0 Å². The second-order valence-corrected chi connectivity index (χ2v) is 3.60. The van der Waals surface area contributed by atoms with Crippen LogP contribution in [-0.2, 0) is 4.79 Å². The third kappa shape index (κ3) is 3.32. The van der Waals surface area contributed by atoms with Crippen LogP contribution in [-0.4, -0.2) is 23.1 Å². The summed E-state index contributed by atoms with van der Waals surface area (Å²) in [5.41, 5.74) is 1.07. The van der Waals surface area contributed by atoms with Gasteiger partial charge in [0, 0.05) is 18.4 Å². The molecule has 0 fully saturated rings. The number of hydrogen-bond acceptors (Lipinski definition) is 3. The zero-order chi connectivity index (χ0) is 11.3. The van der Waals surface area contributed by atoms with Crippen molar-refractivity contribution < 1.29 is 9.90 Å². The van der Waals surface area contributed by atoms with E-state index in [0.29, 0.717) is 6.42 Å². The number of aromatic nitrogens is 1. The first-order chi connectivity index (χ1) is 7.15. The summed E-state index contributed by atoms with van der Waals surface area (Å²) in [5, 5.41) is 11.9. The minimum Gasteiger partial charge on any atom is -0.481 e. The maximum atomic E-state index is 10.7. The van der Waals surface area contributed by atoms with Gasteiger partial charge in [0.15, 0.2) is 0 Å². The van der Waals surface area contributed by atoms with Crippen molar-refractivity contribution in [3.63, 3.8) is 0 Å². The van der Waals surface area contributed by atoms with Gasteiger partial charge in [-0.25, -0.2) is 0 Å². The molecular weight excluding hydrogens is 192 g/mol. The van der Waals surface area contributed by atoms with Crippen LogP contribution in [0.15, 0.2) is 24.5 Å². The molecule has 82 valence electrons. The first kappa shape index (κ1) is 11.7. The third-order valence-corrected chi connectivity index (χ3v) is 2.47. The van der Waals surface area contributed by atoms with Gasteiger partial charge in [0.2, 0.25) is 0 Å². The Balaban J connectivity index is 2.69. The predicted molar refractivity (Wildman–Crippen MR) is 57.5 cm³/mol. The molecule has 0 saturated heterocycles. The summed E-state index contributed by atoms with van der Waals surface area (Å²) in [6.07, 6.45) is 4.01. The molecule has 0 aliphatic heterocycles. The molecule has 0 aromatic carbocycles. The summed E-state index contributed by atoms with van der Waals surface area (Å²) in [4.78, 5) is 14.7. The Morgan fingerprint density at radius 2 is 2.13 bits per heavy atom. The van der Waals surface area contributed by atoms with Crippen molar-refractivity contribution in [2.24, 2.45) is 5.92 Å². The summed E-state index contributed by atoms with van der Waals surface area (Å²) in [7, 11) is 1.83. The van der Waals surface area contributed by atoms with Crippen molar-refractivity contribution in [1.29, 1.82) is 0 Å². The van der Waals surface area contributed by atoms with E-state index in [4.69, 9.17) is 5.11 Å². The van der Waals surface area contributed by atoms with E-state index >= 15 is 0 Å². The van der Waals surface area contributed by atoms with Crippen molar-refractivity contribution in [3.05, 3.63) is 30.1 Å². The highest BCUT2D eigenvalue weighted by atomic mass is 16.4. The van der Waals surface area contributed by atoms with Gasteiger partial charge in [-0.2, -0.15) is 0 Å². The van der Waals surface area contributed by atoms with Crippen LogP contribution in [0.4, 0.5) is 0 Å². The monoisotopic (exact) mass is 208 g/mol. The number of nitrogens with one attached hydrogen (secondary N) is 1. The molecule has 0 bridgehead atoms. The molecule has 1 aromatic rings. The van der Waals surface area contributed by atoms with Crippen LogP contribution in [0.25, 0.3) is 0 Å². The van der Waals surface area contributed by atoms with Crippen LogP contribution in [0, 0.1) is 5.92 Å². The Morgan fingerprint density at radius 1 is 1.53 bits per heavy atom. The molecule has 2 atom stereocenters. The van der Waals surface area contributed by atoms with E-state index in [9.17, 15) is 4.79 Å². The zero-order valence-electron chi connectivity index (χ0n) is 8.97. The van der Waals surface area contributed by atoms with Crippen molar-refractivity contribution in [1.82, 2.24) is 10.3 Å². The zero-order valence-corrected chi connectivity index (χ0v) is 8.97. The second kappa shape index (κ2) is 5.46. The second-order valence-electron chi connectivity index (χ2n) is 3.60. The maximum absolute atomic E-state index is 10.7. The highest BCUT2D eigenvalue weighted by Crippen LogP contribution is 2.20. The van der Waals surface area contributed by atoms with Gasteiger partial charge < -0.3 is 10.4 Å². The lowest BCUT2D eigenvalue weighted by atomic mass is 9.97. The summed E-state index contributed by atoms with van der Waals surface area (Å²) in [6.45, 7) is 1.72. The lowest BCUT2D eigenvalue weighted by Crippen LogP contribution is -2.22. The van der Waals surface area contributed by atoms with E-state index < -0.39 is 5.97 Å². The number of carboxylic acid groups (broad SMARTS) is 1. The van der Waals surface area contributed by atoms with E-state index in [-0.39, 0.29) is 12.0 Å². The lowest BCUT2D eigenvalue weighted by molar-refractivity contribution is -0.141. The first-order valence-corrected chi connectivity index (χ1v) is 4.95. The van der Waals surface area contributed by atoms with Gasteiger partial charge in [0.05, 0.1) is 5.92 Å². The Bertz CT molecular complexity index is 314. The SMILES string of the molecule is CNC(CC(C)C(=O)O)c1ccncc1. The van der Waals surface area contributed by atoms with E-state index in [1.807, 2.05) is 19.2 Å². The van der Waals surface area contributed by atoms with E-state index in [1.54, 1.807) is 19.3 Å². The normalized spacial score (nSPS) is 14.5. The molecule has 4 heteroatoms. The summed E-state index contributed by atoms with van der Waals surface area (Å²) < 4.78 is 0. The fourth-order valence-electron chi connectivity index (χ4n) is 1.47. The van der Waals surface area contributed by atoms with Crippen LogP contribution in [0.2, 0.25) is 0 Å². The van der Waals surface area contributed by atoms with Gasteiger partial charge in [-0.3, -0.25) is 9.78 Å². The van der Waals surface area contributed by atoms with Crippen LogP contribution >= 0.6 is 0 Å². The number of hydrogen-bond donors (Lipinski definition) is 2. The Hall–Kier alpha value is -1.42. The molecule has 15 heavy (non-hydrogen) atoms. The molecular formula is C11H16N2O2.